The first-order valence-corrected chi connectivity index (χ1v) is 6.57. The topological polar surface area (TPSA) is 67.8 Å². The molecule has 19 heavy (non-hydrogen) atoms. The number of piperidine rings is 1. The van der Waals surface area contributed by atoms with Gasteiger partial charge in [0.05, 0.1) is 12.2 Å². The van der Waals surface area contributed by atoms with E-state index in [1.54, 1.807) is 12.1 Å². The number of nitrogens with one attached hydrogen (secondary N) is 1. The molecule has 0 bridgehead atoms. The van der Waals surface area contributed by atoms with Crippen LogP contribution >= 0.6 is 0 Å². The van der Waals surface area contributed by atoms with Crippen molar-refractivity contribution >= 4 is 5.97 Å². The number of hydrogen-bond acceptors (Lipinski definition) is 5. The van der Waals surface area contributed by atoms with Crippen molar-refractivity contribution in [3.05, 3.63) is 29.3 Å². The maximum absolute atomic E-state index is 11.9. The number of fused-ring (bicyclic) bond motifs is 2. The highest BCUT2D eigenvalue weighted by molar-refractivity contribution is 5.95. The molecule has 0 amide bonds. The van der Waals surface area contributed by atoms with Gasteiger partial charge >= 0.3 is 5.97 Å². The third-order valence-electron chi connectivity index (χ3n) is 3.76. The summed E-state index contributed by atoms with van der Waals surface area (Å²) in [5, 5.41) is 12.1. The minimum atomic E-state index is -0.490. The molecule has 1 spiro atoms. The molecule has 1 aromatic rings. The summed E-state index contributed by atoms with van der Waals surface area (Å²) in [7, 11) is 0. The summed E-state index contributed by atoms with van der Waals surface area (Å²) < 4.78 is 11.1. The van der Waals surface area contributed by atoms with Crippen LogP contribution in [0, 0.1) is 0 Å². The number of carbonyl (C=O) groups is 1. The van der Waals surface area contributed by atoms with E-state index in [4.69, 9.17) is 14.6 Å². The van der Waals surface area contributed by atoms with Gasteiger partial charge in [-0.25, -0.2) is 4.79 Å². The predicted octanol–water partition coefficient (Wildman–Crippen LogP) is 0.807. The van der Waals surface area contributed by atoms with E-state index in [1.165, 1.54) is 0 Å². The molecule has 1 aromatic carbocycles. The van der Waals surface area contributed by atoms with Crippen LogP contribution in [-0.2, 0) is 10.3 Å². The summed E-state index contributed by atoms with van der Waals surface area (Å²) in [6, 6.07) is 5.37. The summed E-state index contributed by atoms with van der Waals surface area (Å²) >= 11 is 0. The Morgan fingerprint density at radius 1 is 1.37 bits per heavy atom. The van der Waals surface area contributed by atoms with Crippen LogP contribution in [0.4, 0.5) is 0 Å². The molecular weight excluding hydrogens is 246 g/mol. The maximum Gasteiger partial charge on any atom is 0.339 e. The number of benzene rings is 1. The monoisotopic (exact) mass is 263 g/mol. The summed E-state index contributed by atoms with van der Waals surface area (Å²) in [6.07, 6.45) is 1.57. The van der Waals surface area contributed by atoms with Gasteiger partial charge < -0.3 is 19.9 Å². The van der Waals surface area contributed by atoms with Gasteiger partial charge in [0.25, 0.3) is 0 Å². The Morgan fingerprint density at radius 2 is 2.16 bits per heavy atom. The molecule has 5 nitrogen and oxygen atoms in total. The van der Waals surface area contributed by atoms with Crippen molar-refractivity contribution in [3.63, 3.8) is 0 Å². The molecule has 2 heterocycles. The van der Waals surface area contributed by atoms with Gasteiger partial charge in [0, 0.05) is 18.4 Å². The number of ether oxygens (including phenoxy) is 2. The molecule has 0 atom stereocenters. The minimum absolute atomic E-state index is 0.0262. The van der Waals surface area contributed by atoms with E-state index in [0.29, 0.717) is 11.3 Å². The minimum Gasteiger partial charge on any atom is -0.491 e. The van der Waals surface area contributed by atoms with Crippen molar-refractivity contribution in [2.24, 2.45) is 0 Å². The molecule has 0 aromatic heterocycles. The summed E-state index contributed by atoms with van der Waals surface area (Å²) in [5.41, 5.74) is 1.07. The molecule has 3 rings (SSSR count). The Kier molecular flexibility index (Phi) is 3.16. The molecule has 2 aliphatic rings. The van der Waals surface area contributed by atoms with E-state index >= 15 is 0 Å². The average Bonchev–Trinajstić information content (AvgIpc) is 2.70. The molecule has 2 aliphatic heterocycles. The highest BCUT2D eigenvalue weighted by atomic mass is 16.6. The summed E-state index contributed by atoms with van der Waals surface area (Å²) in [4.78, 5) is 11.9. The first-order valence-electron chi connectivity index (χ1n) is 6.57. The number of esters is 1. The third kappa shape index (κ3) is 2.09. The van der Waals surface area contributed by atoms with Gasteiger partial charge in [0.1, 0.15) is 18.0 Å². The lowest BCUT2D eigenvalue weighted by Crippen LogP contribution is -2.40. The van der Waals surface area contributed by atoms with Gasteiger partial charge in [0.2, 0.25) is 0 Å². The lowest BCUT2D eigenvalue weighted by Gasteiger charge is -2.33. The number of carbonyl (C=O) groups excluding carboxylic acids is 1. The van der Waals surface area contributed by atoms with Crippen molar-refractivity contribution in [1.82, 2.24) is 5.32 Å². The fourth-order valence-corrected chi connectivity index (χ4v) is 2.82. The van der Waals surface area contributed by atoms with Crippen LogP contribution in [0.3, 0.4) is 0 Å². The lowest BCUT2D eigenvalue weighted by molar-refractivity contribution is -0.0242. The van der Waals surface area contributed by atoms with E-state index in [1.807, 2.05) is 6.07 Å². The fourth-order valence-electron chi connectivity index (χ4n) is 2.82. The second-order valence-corrected chi connectivity index (χ2v) is 4.91. The van der Waals surface area contributed by atoms with Crippen LogP contribution in [0.2, 0.25) is 0 Å². The van der Waals surface area contributed by atoms with Crippen molar-refractivity contribution in [1.29, 1.82) is 0 Å². The zero-order valence-electron chi connectivity index (χ0n) is 10.6. The SMILES string of the molecule is O=C1OC2(CCNCC2)c2cc(OCCO)ccc21. The van der Waals surface area contributed by atoms with E-state index in [2.05, 4.69) is 5.32 Å². The predicted molar refractivity (Wildman–Crippen MR) is 68.2 cm³/mol. The van der Waals surface area contributed by atoms with Crippen molar-refractivity contribution in [3.8, 4) is 5.75 Å². The molecule has 1 saturated heterocycles. The molecule has 0 saturated carbocycles. The highest BCUT2D eigenvalue weighted by Crippen LogP contribution is 2.44. The van der Waals surface area contributed by atoms with Crippen LogP contribution in [0.25, 0.3) is 0 Å². The molecular formula is C14H17NO4. The summed E-state index contributed by atoms with van der Waals surface area (Å²) in [5.74, 6) is 0.426. The normalized spacial score (nSPS) is 20.2. The largest absolute Gasteiger partial charge is 0.491 e. The Balaban J connectivity index is 1.96. The molecule has 1 fully saturated rings. The van der Waals surface area contributed by atoms with Gasteiger partial charge in [-0.05, 0) is 31.3 Å². The zero-order valence-corrected chi connectivity index (χ0v) is 10.6. The summed E-state index contributed by atoms with van der Waals surface area (Å²) in [6.45, 7) is 1.91. The molecule has 5 heteroatoms. The lowest BCUT2D eigenvalue weighted by atomic mass is 9.84. The Morgan fingerprint density at radius 3 is 2.89 bits per heavy atom. The molecule has 0 aliphatic carbocycles. The quantitative estimate of drug-likeness (QED) is 0.790. The van der Waals surface area contributed by atoms with Gasteiger partial charge in [-0.15, -0.1) is 0 Å². The molecule has 0 radical (unpaired) electrons. The number of aliphatic hydroxyl groups is 1. The van der Waals surface area contributed by atoms with Crippen LogP contribution in [0.1, 0.15) is 28.8 Å². The Bertz CT molecular complexity index is 494. The van der Waals surface area contributed by atoms with Crippen LogP contribution in [0.15, 0.2) is 18.2 Å². The van der Waals surface area contributed by atoms with E-state index in [-0.39, 0.29) is 19.2 Å². The Labute approximate surface area is 111 Å². The molecule has 2 N–H and O–H groups in total. The van der Waals surface area contributed by atoms with E-state index in [9.17, 15) is 4.79 Å². The van der Waals surface area contributed by atoms with Gasteiger partial charge in [-0.3, -0.25) is 0 Å². The molecule has 0 unspecified atom stereocenters. The van der Waals surface area contributed by atoms with Gasteiger partial charge in [-0.1, -0.05) is 0 Å². The van der Waals surface area contributed by atoms with Gasteiger partial charge in [-0.2, -0.15) is 0 Å². The van der Waals surface area contributed by atoms with Crippen LogP contribution in [-0.4, -0.2) is 37.4 Å². The number of aliphatic hydroxyl groups excluding tert-OH is 1. The standard InChI is InChI=1S/C14H17NO4/c16-7-8-18-10-1-2-11-12(9-10)14(19-13(11)17)3-5-15-6-4-14/h1-2,9,15-16H,3-8H2. The maximum atomic E-state index is 11.9. The fraction of sp³-hybridized carbons (Fsp3) is 0.500. The molecule has 102 valence electrons. The second kappa shape index (κ2) is 4.83. The second-order valence-electron chi connectivity index (χ2n) is 4.91. The number of hydrogen-bond donors (Lipinski definition) is 2. The smallest absolute Gasteiger partial charge is 0.339 e. The third-order valence-corrected chi connectivity index (χ3v) is 3.76. The van der Waals surface area contributed by atoms with Crippen molar-refractivity contribution < 1.29 is 19.4 Å². The first-order chi connectivity index (χ1) is 9.25. The highest BCUT2D eigenvalue weighted by Gasteiger charge is 2.46. The van der Waals surface area contributed by atoms with E-state index in [0.717, 1.165) is 31.5 Å². The zero-order chi connectivity index (χ0) is 13.3. The average molecular weight is 263 g/mol. The van der Waals surface area contributed by atoms with Crippen LogP contribution < -0.4 is 10.1 Å². The van der Waals surface area contributed by atoms with Gasteiger partial charge in [0.15, 0.2) is 0 Å². The number of rotatable bonds is 3. The van der Waals surface area contributed by atoms with Crippen LogP contribution in [0.5, 0.6) is 5.75 Å². The van der Waals surface area contributed by atoms with Crippen molar-refractivity contribution in [2.75, 3.05) is 26.3 Å². The first kappa shape index (κ1) is 12.4. The van der Waals surface area contributed by atoms with E-state index < -0.39 is 5.60 Å². The Hall–Kier alpha value is -1.59. The van der Waals surface area contributed by atoms with Crippen molar-refractivity contribution in [2.45, 2.75) is 18.4 Å².